The molecule has 4 rings (SSSR count). The molecule has 0 aromatic heterocycles. The van der Waals surface area contributed by atoms with Crippen LogP contribution in [0.25, 0.3) is 0 Å². The highest BCUT2D eigenvalue weighted by Crippen LogP contribution is 2.49. The fourth-order valence-corrected chi connectivity index (χ4v) is 4.35. The molecule has 1 heterocycles. The lowest BCUT2D eigenvalue weighted by molar-refractivity contribution is 0.425. The average molecular weight is 452 g/mol. The summed E-state index contributed by atoms with van der Waals surface area (Å²) in [5, 5.41) is 3.77. The highest BCUT2D eigenvalue weighted by molar-refractivity contribution is 14.1. The van der Waals surface area contributed by atoms with Crippen molar-refractivity contribution < 1.29 is 0 Å². The summed E-state index contributed by atoms with van der Waals surface area (Å²) in [4.78, 5) is 0. The Morgan fingerprint density at radius 3 is 2.71 bits per heavy atom. The molecule has 1 aliphatic heterocycles. The van der Waals surface area contributed by atoms with Gasteiger partial charge in [-0.2, -0.15) is 0 Å². The van der Waals surface area contributed by atoms with Crippen molar-refractivity contribution in [2.45, 2.75) is 18.4 Å². The third-order valence-electron chi connectivity index (χ3n) is 4.55. The van der Waals surface area contributed by atoms with Gasteiger partial charge in [0.15, 0.2) is 0 Å². The van der Waals surface area contributed by atoms with Gasteiger partial charge in [0.2, 0.25) is 0 Å². The van der Waals surface area contributed by atoms with Crippen LogP contribution in [-0.2, 0) is 0 Å². The smallest absolute Gasteiger partial charge is 0.0553 e. The van der Waals surface area contributed by atoms with E-state index in [1.54, 1.807) is 0 Å². The van der Waals surface area contributed by atoms with Crippen LogP contribution in [-0.4, -0.2) is 0 Å². The maximum Gasteiger partial charge on any atom is 0.0553 e. The molecule has 0 amide bonds. The van der Waals surface area contributed by atoms with Gasteiger partial charge in [-0.15, -0.1) is 0 Å². The molecule has 3 atom stereocenters. The number of benzene rings is 2. The first-order chi connectivity index (χ1) is 10.2. The van der Waals surface area contributed by atoms with E-state index in [4.69, 9.17) is 0 Å². The molecule has 3 unspecified atom stereocenters. The monoisotopic (exact) mass is 451 g/mol. The number of hydrogen-bond donors (Lipinski definition) is 1. The molecule has 1 nitrogen and oxygen atoms in total. The summed E-state index contributed by atoms with van der Waals surface area (Å²) in [5.74, 6) is 1.17. The van der Waals surface area contributed by atoms with E-state index in [0.717, 1.165) is 10.9 Å². The van der Waals surface area contributed by atoms with Crippen LogP contribution < -0.4 is 5.32 Å². The molecular weight excluding hydrogens is 437 g/mol. The highest BCUT2D eigenvalue weighted by Gasteiger charge is 2.37. The zero-order valence-corrected chi connectivity index (χ0v) is 15.1. The van der Waals surface area contributed by atoms with Gasteiger partial charge < -0.3 is 5.32 Å². The van der Waals surface area contributed by atoms with E-state index in [-0.39, 0.29) is 0 Å². The minimum Gasteiger partial charge on any atom is -0.378 e. The molecule has 106 valence electrons. The Balaban J connectivity index is 1.78. The van der Waals surface area contributed by atoms with E-state index < -0.39 is 0 Å². The Kier molecular flexibility index (Phi) is 3.58. The van der Waals surface area contributed by atoms with Gasteiger partial charge in [0, 0.05) is 19.6 Å². The number of fused-ring (bicyclic) bond motifs is 3. The van der Waals surface area contributed by atoms with Crippen LogP contribution in [0.2, 0.25) is 0 Å². The third kappa shape index (κ3) is 2.44. The topological polar surface area (TPSA) is 12.0 Å². The molecular formula is C18H15BrIN. The minimum atomic E-state index is 0.394. The van der Waals surface area contributed by atoms with Gasteiger partial charge in [-0.25, -0.2) is 0 Å². The Morgan fingerprint density at radius 1 is 1.10 bits per heavy atom. The number of halogens is 2. The first-order valence-corrected chi connectivity index (χ1v) is 9.07. The second-order valence-electron chi connectivity index (χ2n) is 5.76. The number of nitrogens with one attached hydrogen (secondary N) is 1. The highest BCUT2D eigenvalue weighted by atomic mass is 127. The quantitative estimate of drug-likeness (QED) is 0.421. The van der Waals surface area contributed by atoms with Crippen molar-refractivity contribution in [3.63, 3.8) is 0 Å². The van der Waals surface area contributed by atoms with Crippen molar-refractivity contribution >= 4 is 44.2 Å². The second-order valence-corrected chi connectivity index (χ2v) is 7.92. The lowest BCUT2D eigenvalue weighted by atomic mass is 9.77. The van der Waals surface area contributed by atoms with Crippen molar-refractivity contribution in [2.75, 3.05) is 5.32 Å². The van der Waals surface area contributed by atoms with Gasteiger partial charge >= 0.3 is 0 Å². The summed E-state index contributed by atoms with van der Waals surface area (Å²) >= 11 is 5.93. The number of hydrogen-bond acceptors (Lipinski definition) is 1. The molecule has 21 heavy (non-hydrogen) atoms. The second kappa shape index (κ2) is 5.43. The van der Waals surface area contributed by atoms with Crippen LogP contribution >= 0.6 is 38.5 Å². The average Bonchev–Trinajstić information content (AvgIpc) is 2.97. The van der Waals surface area contributed by atoms with Crippen molar-refractivity contribution in [3.8, 4) is 0 Å². The molecule has 0 fully saturated rings. The molecule has 0 saturated heterocycles. The van der Waals surface area contributed by atoms with Gasteiger partial charge in [0.25, 0.3) is 0 Å². The van der Waals surface area contributed by atoms with Gasteiger partial charge in [-0.05, 0) is 76.4 Å². The predicted molar refractivity (Wildman–Crippen MR) is 99.7 cm³/mol. The zero-order chi connectivity index (χ0) is 14.4. The van der Waals surface area contributed by atoms with Crippen LogP contribution in [0.5, 0.6) is 0 Å². The molecule has 2 aliphatic rings. The van der Waals surface area contributed by atoms with E-state index in [1.807, 2.05) is 0 Å². The van der Waals surface area contributed by atoms with E-state index in [9.17, 15) is 0 Å². The van der Waals surface area contributed by atoms with Gasteiger partial charge in [-0.1, -0.05) is 40.2 Å². The zero-order valence-electron chi connectivity index (χ0n) is 11.4. The summed E-state index contributed by atoms with van der Waals surface area (Å²) in [6.07, 6.45) is 5.90. The fourth-order valence-electron chi connectivity index (χ4n) is 3.57. The summed E-state index contributed by atoms with van der Waals surface area (Å²) < 4.78 is 2.45. The molecule has 1 aliphatic carbocycles. The SMILES string of the molecule is Brc1ccc(C2Nc3ccc(I)cc3C3C=CCC32)cc1. The third-order valence-corrected chi connectivity index (χ3v) is 5.75. The van der Waals surface area contributed by atoms with Crippen molar-refractivity contribution in [1.82, 2.24) is 0 Å². The molecule has 2 aromatic rings. The molecule has 0 radical (unpaired) electrons. The van der Waals surface area contributed by atoms with Gasteiger partial charge in [0.1, 0.15) is 0 Å². The number of allylic oxidation sites excluding steroid dienone is 2. The first-order valence-electron chi connectivity index (χ1n) is 7.20. The van der Waals surface area contributed by atoms with E-state index >= 15 is 0 Å². The van der Waals surface area contributed by atoms with Crippen LogP contribution in [0.3, 0.4) is 0 Å². The lowest BCUT2D eigenvalue weighted by Gasteiger charge is -2.37. The normalized spacial score (nSPS) is 26.1. The Hall–Kier alpha value is -0.810. The van der Waals surface area contributed by atoms with Crippen LogP contribution in [0.15, 0.2) is 59.1 Å². The Labute approximate surface area is 147 Å². The fraction of sp³-hybridized carbons (Fsp3) is 0.222. The number of rotatable bonds is 1. The van der Waals surface area contributed by atoms with Crippen molar-refractivity contribution in [2.24, 2.45) is 5.92 Å². The Bertz CT molecular complexity index is 708. The number of anilines is 1. The largest absolute Gasteiger partial charge is 0.378 e. The maximum absolute atomic E-state index is 3.77. The summed E-state index contributed by atoms with van der Waals surface area (Å²) in [6, 6.07) is 15.9. The van der Waals surface area contributed by atoms with Crippen molar-refractivity contribution in [1.29, 1.82) is 0 Å². The molecule has 1 N–H and O–H groups in total. The molecule has 0 saturated carbocycles. The summed E-state index contributed by atoms with van der Waals surface area (Å²) in [5.41, 5.74) is 4.12. The lowest BCUT2D eigenvalue weighted by Crippen LogP contribution is -2.29. The van der Waals surface area contributed by atoms with E-state index in [0.29, 0.717) is 17.9 Å². The Morgan fingerprint density at radius 2 is 1.90 bits per heavy atom. The van der Waals surface area contributed by atoms with Crippen LogP contribution in [0, 0.1) is 9.49 Å². The van der Waals surface area contributed by atoms with Gasteiger partial charge in [0.05, 0.1) is 6.04 Å². The molecule has 0 bridgehead atoms. The standard InChI is InChI=1S/C18H15BrIN/c19-12-6-4-11(5-7-12)18-15-3-1-2-14(15)16-10-13(20)8-9-17(16)21-18/h1-2,4-10,14-15,18,21H,3H2. The minimum absolute atomic E-state index is 0.394. The molecule has 0 spiro atoms. The predicted octanol–water partition coefficient (Wildman–Crippen LogP) is 5.88. The van der Waals surface area contributed by atoms with E-state index in [1.165, 1.54) is 20.4 Å². The summed E-state index contributed by atoms with van der Waals surface area (Å²) in [6.45, 7) is 0. The maximum atomic E-state index is 3.77. The first kappa shape index (κ1) is 13.8. The molecule has 3 heteroatoms. The van der Waals surface area contributed by atoms with Crippen LogP contribution in [0.1, 0.15) is 29.5 Å². The van der Waals surface area contributed by atoms with Gasteiger partial charge in [-0.3, -0.25) is 0 Å². The van der Waals surface area contributed by atoms with Crippen molar-refractivity contribution in [3.05, 3.63) is 73.8 Å². The molecule has 2 aromatic carbocycles. The summed E-state index contributed by atoms with van der Waals surface area (Å²) in [7, 11) is 0. The van der Waals surface area contributed by atoms with E-state index in [2.05, 4.69) is 98.5 Å². The van der Waals surface area contributed by atoms with Crippen LogP contribution in [0.4, 0.5) is 5.69 Å².